The lowest BCUT2D eigenvalue weighted by atomic mass is 10.1. The van der Waals surface area contributed by atoms with Crippen molar-refractivity contribution in [2.45, 2.75) is 12.8 Å². The molecule has 21 heavy (non-hydrogen) atoms. The molecule has 1 aromatic carbocycles. The van der Waals surface area contributed by atoms with Crippen molar-refractivity contribution in [2.24, 2.45) is 5.92 Å². The molecule has 1 aliphatic rings. The van der Waals surface area contributed by atoms with E-state index in [9.17, 15) is 9.59 Å². The van der Waals surface area contributed by atoms with E-state index in [1.54, 1.807) is 4.90 Å². The molecular weight excluding hydrogens is 296 g/mol. The summed E-state index contributed by atoms with van der Waals surface area (Å²) in [4.78, 5) is 24.7. The van der Waals surface area contributed by atoms with Gasteiger partial charge in [-0.05, 0) is 37.0 Å². The molecule has 114 valence electrons. The highest BCUT2D eigenvalue weighted by atomic mass is 35.5. The third kappa shape index (κ3) is 3.86. The molecule has 1 saturated heterocycles. The molecule has 0 aliphatic carbocycles. The lowest BCUT2D eigenvalue weighted by Crippen LogP contribution is -2.33. The molecule has 1 unspecified atom stereocenters. The summed E-state index contributed by atoms with van der Waals surface area (Å²) in [5, 5.41) is 20.8. The first-order chi connectivity index (χ1) is 10.0. The van der Waals surface area contributed by atoms with E-state index in [2.05, 4.69) is 5.32 Å². The number of carbonyl (C=O) groups is 2. The van der Waals surface area contributed by atoms with E-state index in [4.69, 9.17) is 21.8 Å². The zero-order valence-corrected chi connectivity index (χ0v) is 12.1. The molecule has 3 N–H and O–H groups in total. The van der Waals surface area contributed by atoms with Crippen LogP contribution in [0.25, 0.3) is 0 Å². The van der Waals surface area contributed by atoms with Crippen LogP contribution in [0.1, 0.15) is 23.2 Å². The van der Waals surface area contributed by atoms with Gasteiger partial charge in [0.05, 0.1) is 16.3 Å². The lowest BCUT2D eigenvalue weighted by Gasteiger charge is -2.18. The number of carbonyl (C=O) groups excluding carboxylic acids is 1. The van der Waals surface area contributed by atoms with E-state index >= 15 is 0 Å². The second kappa shape index (κ2) is 6.78. The quantitative estimate of drug-likeness (QED) is 0.795. The number of anilines is 1. The lowest BCUT2D eigenvalue weighted by molar-refractivity contribution is 0.0697. The van der Waals surface area contributed by atoms with Crippen LogP contribution in [0.15, 0.2) is 18.2 Å². The number of urea groups is 1. The van der Waals surface area contributed by atoms with Gasteiger partial charge in [0.25, 0.3) is 0 Å². The maximum absolute atomic E-state index is 12.1. The molecule has 0 spiro atoms. The summed E-state index contributed by atoms with van der Waals surface area (Å²) in [6, 6.07) is 3.86. The first kappa shape index (κ1) is 15.6. The normalized spacial score (nSPS) is 17.8. The molecule has 7 heteroatoms. The Bertz CT molecular complexity index is 550. The van der Waals surface area contributed by atoms with Crippen molar-refractivity contribution in [3.05, 3.63) is 28.8 Å². The molecular formula is C14H17ClN2O4. The van der Waals surface area contributed by atoms with Crippen LogP contribution in [-0.2, 0) is 0 Å². The monoisotopic (exact) mass is 312 g/mol. The van der Waals surface area contributed by atoms with E-state index in [1.807, 2.05) is 0 Å². The maximum atomic E-state index is 12.1. The van der Waals surface area contributed by atoms with Crippen LogP contribution in [0.3, 0.4) is 0 Å². The zero-order valence-electron chi connectivity index (χ0n) is 11.4. The van der Waals surface area contributed by atoms with Crippen molar-refractivity contribution in [2.75, 3.05) is 25.0 Å². The van der Waals surface area contributed by atoms with Crippen LogP contribution in [0, 0.1) is 5.92 Å². The number of amides is 2. The van der Waals surface area contributed by atoms with Gasteiger partial charge in [-0.15, -0.1) is 0 Å². The molecule has 2 rings (SSSR count). The van der Waals surface area contributed by atoms with Crippen molar-refractivity contribution in [3.63, 3.8) is 0 Å². The topological polar surface area (TPSA) is 89.9 Å². The Kier molecular flexibility index (Phi) is 5.03. The van der Waals surface area contributed by atoms with E-state index < -0.39 is 5.97 Å². The highest BCUT2D eigenvalue weighted by Crippen LogP contribution is 2.25. The number of nitrogens with zero attached hydrogens (tertiary/aromatic N) is 1. The number of carboxylic acid groups (broad SMARTS) is 1. The Labute approximate surface area is 127 Å². The number of aliphatic hydroxyl groups is 1. The Morgan fingerprint density at radius 2 is 2.19 bits per heavy atom. The Hall–Kier alpha value is -1.79. The third-order valence-corrected chi connectivity index (χ3v) is 3.89. The minimum Gasteiger partial charge on any atom is -0.478 e. The van der Waals surface area contributed by atoms with Gasteiger partial charge in [0.2, 0.25) is 0 Å². The fourth-order valence-electron chi connectivity index (χ4n) is 2.38. The smallest absolute Gasteiger partial charge is 0.335 e. The summed E-state index contributed by atoms with van der Waals surface area (Å²) >= 11 is 5.97. The van der Waals surface area contributed by atoms with Gasteiger partial charge < -0.3 is 20.4 Å². The Morgan fingerprint density at radius 3 is 2.86 bits per heavy atom. The van der Waals surface area contributed by atoms with Crippen LogP contribution in [-0.4, -0.2) is 46.8 Å². The number of halogens is 1. The minimum atomic E-state index is -1.08. The fraction of sp³-hybridized carbons (Fsp3) is 0.429. The fourth-order valence-corrected chi connectivity index (χ4v) is 2.55. The van der Waals surface area contributed by atoms with Crippen LogP contribution in [0.2, 0.25) is 5.02 Å². The summed E-state index contributed by atoms with van der Waals surface area (Å²) in [7, 11) is 0. The average Bonchev–Trinajstić information content (AvgIpc) is 2.90. The number of likely N-dealkylation sites (tertiary alicyclic amines) is 1. The highest BCUT2D eigenvalue weighted by molar-refractivity contribution is 6.33. The first-order valence-corrected chi connectivity index (χ1v) is 7.08. The predicted octanol–water partition coefficient (Wildman–Crippen LogP) is 2.27. The van der Waals surface area contributed by atoms with Gasteiger partial charge in [-0.2, -0.15) is 0 Å². The minimum absolute atomic E-state index is 0.0641. The number of carboxylic acids is 1. The van der Waals surface area contributed by atoms with Gasteiger partial charge in [-0.1, -0.05) is 11.6 Å². The van der Waals surface area contributed by atoms with Crippen molar-refractivity contribution in [1.82, 2.24) is 4.90 Å². The van der Waals surface area contributed by atoms with Crippen molar-refractivity contribution < 1.29 is 19.8 Å². The van der Waals surface area contributed by atoms with Crippen molar-refractivity contribution in [3.8, 4) is 0 Å². The van der Waals surface area contributed by atoms with E-state index in [-0.39, 0.29) is 23.9 Å². The van der Waals surface area contributed by atoms with Crippen LogP contribution >= 0.6 is 11.6 Å². The summed E-state index contributed by atoms with van der Waals surface area (Å²) < 4.78 is 0. The van der Waals surface area contributed by atoms with Gasteiger partial charge >= 0.3 is 12.0 Å². The van der Waals surface area contributed by atoms with Crippen LogP contribution in [0.5, 0.6) is 0 Å². The third-order valence-electron chi connectivity index (χ3n) is 3.57. The van der Waals surface area contributed by atoms with Gasteiger partial charge in [0.1, 0.15) is 0 Å². The maximum Gasteiger partial charge on any atom is 0.335 e. The summed E-state index contributed by atoms with van der Waals surface area (Å²) in [5.41, 5.74) is 0.349. The molecule has 6 nitrogen and oxygen atoms in total. The average molecular weight is 313 g/mol. The standard InChI is InChI=1S/C14H17ClN2O4/c15-11-2-1-10(13(19)20)7-12(11)16-14(21)17-5-3-9(8-17)4-6-18/h1-2,7,9,18H,3-6,8H2,(H,16,21)(H,19,20). The molecule has 1 heterocycles. The van der Waals surface area contributed by atoms with Crippen LogP contribution < -0.4 is 5.32 Å². The number of aromatic carboxylic acids is 1. The van der Waals surface area contributed by atoms with Gasteiger partial charge in [-0.3, -0.25) is 0 Å². The number of nitrogens with one attached hydrogen (secondary N) is 1. The second-order valence-corrected chi connectivity index (χ2v) is 5.45. The van der Waals surface area contributed by atoms with Gasteiger partial charge in [-0.25, -0.2) is 9.59 Å². The van der Waals surface area contributed by atoms with Crippen molar-refractivity contribution >= 4 is 29.3 Å². The second-order valence-electron chi connectivity index (χ2n) is 5.04. The number of rotatable bonds is 4. The van der Waals surface area contributed by atoms with E-state index in [1.165, 1.54) is 18.2 Å². The van der Waals surface area contributed by atoms with E-state index in [0.29, 0.717) is 30.5 Å². The SMILES string of the molecule is O=C(O)c1ccc(Cl)c(NC(=O)N2CCC(CCO)C2)c1. The summed E-state index contributed by atoms with van der Waals surface area (Å²) in [5.74, 6) is -0.770. The molecule has 1 aliphatic heterocycles. The molecule has 0 saturated carbocycles. The van der Waals surface area contributed by atoms with Crippen molar-refractivity contribution in [1.29, 1.82) is 0 Å². The first-order valence-electron chi connectivity index (χ1n) is 6.71. The molecule has 2 amide bonds. The van der Waals surface area contributed by atoms with Crippen LogP contribution in [0.4, 0.5) is 10.5 Å². The largest absolute Gasteiger partial charge is 0.478 e. The van der Waals surface area contributed by atoms with E-state index in [0.717, 1.165) is 6.42 Å². The molecule has 1 aromatic rings. The molecule has 1 fully saturated rings. The highest BCUT2D eigenvalue weighted by Gasteiger charge is 2.26. The van der Waals surface area contributed by atoms with Gasteiger partial charge in [0.15, 0.2) is 0 Å². The molecule has 0 aromatic heterocycles. The molecule has 0 radical (unpaired) electrons. The van der Waals surface area contributed by atoms with Gasteiger partial charge in [0, 0.05) is 19.7 Å². The Balaban J connectivity index is 2.03. The number of aliphatic hydroxyl groups excluding tert-OH is 1. The molecule has 0 bridgehead atoms. The predicted molar refractivity (Wildman–Crippen MR) is 78.8 cm³/mol. The number of hydrogen-bond acceptors (Lipinski definition) is 3. The number of hydrogen-bond donors (Lipinski definition) is 3. The Morgan fingerprint density at radius 1 is 1.43 bits per heavy atom. The summed E-state index contributed by atoms with van der Waals surface area (Å²) in [6.45, 7) is 1.32. The summed E-state index contributed by atoms with van der Waals surface area (Å²) in [6.07, 6.45) is 1.54. The number of benzene rings is 1. The molecule has 1 atom stereocenters. The zero-order chi connectivity index (χ0) is 15.4.